The van der Waals surface area contributed by atoms with Crippen LogP contribution in [0.2, 0.25) is 0 Å². The van der Waals surface area contributed by atoms with Gasteiger partial charge in [-0.05, 0) is 38.5 Å². The van der Waals surface area contributed by atoms with Crippen molar-refractivity contribution in [3.8, 4) is 0 Å². The van der Waals surface area contributed by atoms with Crippen LogP contribution in [0.1, 0.15) is 53.2 Å². The van der Waals surface area contributed by atoms with Crippen molar-refractivity contribution in [2.75, 3.05) is 0 Å². The van der Waals surface area contributed by atoms with Crippen LogP contribution in [0.3, 0.4) is 0 Å². The van der Waals surface area contributed by atoms with Crippen molar-refractivity contribution in [3.63, 3.8) is 0 Å². The van der Waals surface area contributed by atoms with Gasteiger partial charge in [-0.1, -0.05) is 42.5 Å². The number of alkyl carbamates (subject to hydrolysis) is 1. The summed E-state index contributed by atoms with van der Waals surface area (Å²) in [6.07, 6.45) is -1.67. The fraction of sp³-hybridized carbons (Fsp3) is 0.250. The molecule has 0 aromatic heterocycles. The average molecular weight is 352 g/mol. The van der Waals surface area contributed by atoms with Crippen molar-refractivity contribution < 1.29 is 19.1 Å². The fourth-order valence-electron chi connectivity index (χ4n) is 2.79. The van der Waals surface area contributed by atoms with Crippen molar-refractivity contribution in [1.29, 1.82) is 0 Å². The Morgan fingerprint density at radius 3 is 1.92 bits per heavy atom. The first kappa shape index (κ1) is 17.7. The molecule has 26 heavy (non-hydrogen) atoms. The highest BCUT2D eigenvalue weighted by Crippen LogP contribution is 2.30. The van der Waals surface area contributed by atoms with Gasteiger partial charge in [0, 0.05) is 0 Å². The molecule has 0 aliphatic carbocycles. The lowest BCUT2D eigenvalue weighted by Gasteiger charge is -2.29. The molecule has 6 nitrogen and oxygen atoms in total. The molecule has 1 heterocycles. The number of nitrogens with one attached hydrogen (secondary N) is 1. The summed E-state index contributed by atoms with van der Waals surface area (Å²) in [4.78, 5) is 39.0. The summed E-state index contributed by atoms with van der Waals surface area (Å²) in [7, 11) is 0. The molecule has 0 radical (unpaired) electrons. The van der Waals surface area contributed by atoms with E-state index in [0.29, 0.717) is 16.7 Å². The van der Waals surface area contributed by atoms with Gasteiger partial charge in [0.05, 0.1) is 11.1 Å². The van der Waals surface area contributed by atoms with Gasteiger partial charge in [0.1, 0.15) is 11.8 Å². The van der Waals surface area contributed by atoms with Crippen LogP contribution in [0, 0.1) is 0 Å². The van der Waals surface area contributed by atoms with E-state index in [0.717, 1.165) is 4.90 Å². The zero-order valence-electron chi connectivity index (χ0n) is 14.9. The summed E-state index contributed by atoms with van der Waals surface area (Å²) in [5.74, 6) is -0.897. The van der Waals surface area contributed by atoms with Crippen LogP contribution in [0.15, 0.2) is 54.6 Å². The molecule has 0 saturated heterocycles. The minimum absolute atomic E-state index is 0.324. The second-order valence-electron chi connectivity index (χ2n) is 6.99. The molecule has 0 bridgehead atoms. The Hall–Kier alpha value is -3.15. The number of ether oxygens (including phenoxy) is 1. The molecule has 1 N–H and O–H groups in total. The van der Waals surface area contributed by atoms with Crippen LogP contribution in [0.25, 0.3) is 0 Å². The van der Waals surface area contributed by atoms with Crippen LogP contribution in [0.4, 0.5) is 4.79 Å². The number of benzene rings is 2. The van der Waals surface area contributed by atoms with Gasteiger partial charge in [-0.3, -0.25) is 14.9 Å². The summed E-state index contributed by atoms with van der Waals surface area (Å²) in [5.41, 5.74) is 0.550. The molecule has 134 valence electrons. The van der Waals surface area contributed by atoms with E-state index < -0.39 is 29.7 Å². The molecule has 0 spiro atoms. The van der Waals surface area contributed by atoms with Gasteiger partial charge in [-0.15, -0.1) is 0 Å². The average Bonchev–Trinajstić information content (AvgIpc) is 2.84. The van der Waals surface area contributed by atoms with Gasteiger partial charge in [-0.25, -0.2) is 9.69 Å². The Labute approximate surface area is 151 Å². The van der Waals surface area contributed by atoms with Crippen LogP contribution in [0.5, 0.6) is 0 Å². The largest absolute Gasteiger partial charge is 0.444 e. The highest BCUT2D eigenvalue weighted by Gasteiger charge is 2.41. The van der Waals surface area contributed by atoms with Gasteiger partial charge in [0.15, 0.2) is 0 Å². The highest BCUT2D eigenvalue weighted by atomic mass is 16.6. The van der Waals surface area contributed by atoms with Crippen LogP contribution < -0.4 is 5.32 Å². The lowest BCUT2D eigenvalue weighted by atomic mass is 10.1. The Balaban J connectivity index is 1.96. The zero-order valence-corrected chi connectivity index (χ0v) is 14.9. The third kappa shape index (κ3) is 3.44. The van der Waals surface area contributed by atoms with Crippen LogP contribution in [-0.4, -0.2) is 28.4 Å². The van der Waals surface area contributed by atoms with E-state index in [1.807, 2.05) is 6.07 Å². The maximum atomic E-state index is 12.8. The van der Waals surface area contributed by atoms with Crippen molar-refractivity contribution in [2.45, 2.75) is 32.5 Å². The molecule has 1 aliphatic rings. The Bertz CT molecular complexity index is 821. The molecule has 6 heteroatoms. The maximum absolute atomic E-state index is 12.8. The monoisotopic (exact) mass is 352 g/mol. The van der Waals surface area contributed by atoms with E-state index in [1.54, 1.807) is 69.3 Å². The summed E-state index contributed by atoms with van der Waals surface area (Å²) >= 11 is 0. The number of hydrogen-bond donors (Lipinski definition) is 1. The van der Waals surface area contributed by atoms with E-state index in [1.165, 1.54) is 0 Å². The molecule has 1 aliphatic heterocycles. The van der Waals surface area contributed by atoms with E-state index in [2.05, 4.69) is 5.32 Å². The van der Waals surface area contributed by atoms with Gasteiger partial charge in [0.25, 0.3) is 11.8 Å². The van der Waals surface area contributed by atoms with E-state index >= 15 is 0 Å². The second kappa shape index (κ2) is 6.63. The van der Waals surface area contributed by atoms with Crippen LogP contribution >= 0.6 is 0 Å². The molecule has 1 unspecified atom stereocenters. The molecule has 3 amide bonds. The highest BCUT2D eigenvalue weighted by molar-refractivity contribution is 6.21. The second-order valence-corrected chi connectivity index (χ2v) is 6.99. The fourth-order valence-corrected chi connectivity index (χ4v) is 2.79. The lowest BCUT2D eigenvalue weighted by molar-refractivity contribution is 0.0385. The minimum atomic E-state index is -0.960. The lowest BCUT2D eigenvalue weighted by Crippen LogP contribution is -2.45. The first-order valence-corrected chi connectivity index (χ1v) is 8.29. The summed E-state index contributed by atoms with van der Waals surface area (Å²) < 4.78 is 5.30. The molecule has 0 saturated carbocycles. The number of imide groups is 1. The third-order valence-corrected chi connectivity index (χ3v) is 3.85. The number of hydrogen-bond acceptors (Lipinski definition) is 4. The molecule has 2 aromatic carbocycles. The summed E-state index contributed by atoms with van der Waals surface area (Å²) in [6.45, 7) is 5.23. The molecular formula is C20H20N2O4. The minimum Gasteiger partial charge on any atom is -0.444 e. The van der Waals surface area contributed by atoms with Crippen molar-refractivity contribution in [2.24, 2.45) is 0 Å². The van der Waals surface area contributed by atoms with E-state index in [4.69, 9.17) is 4.74 Å². The smallest absolute Gasteiger partial charge is 0.409 e. The summed E-state index contributed by atoms with van der Waals surface area (Å²) in [5, 5.41) is 2.65. The topological polar surface area (TPSA) is 75.7 Å². The van der Waals surface area contributed by atoms with Gasteiger partial charge < -0.3 is 4.74 Å². The van der Waals surface area contributed by atoms with E-state index in [-0.39, 0.29) is 0 Å². The Morgan fingerprint density at radius 1 is 0.923 bits per heavy atom. The van der Waals surface area contributed by atoms with Crippen LogP contribution in [-0.2, 0) is 4.74 Å². The number of carbonyl (C=O) groups excluding carboxylic acids is 3. The molecule has 2 aromatic rings. The van der Waals surface area contributed by atoms with Gasteiger partial charge >= 0.3 is 6.09 Å². The Morgan fingerprint density at radius 2 is 1.42 bits per heavy atom. The first-order valence-electron chi connectivity index (χ1n) is 8.29. The molecule has 0 fully saturated rings. The maximum Gasteiger partial charge on any atom is 0.409 e. The number of carbonyl (C=O) groups is 3. The molecule has 3 rings (SSSR count). The normalized spacial score (nSPS) is 14.8. The van der Waals surface area contributed by atoms with Crippen molar-refractivity contribution >= 4 is 17.9 Å². The Kier molecular flexibility index (Phi) is 4.50. The van der Waals surface area contributed by atoms with Gasteiger partial charge in [0.2, 0.25) is 0 Å². The first-order chi connectivity index (χ1) is 12.3. The summed E-state index contributed by atoms with van der Waals surface area (Å²) in [6, 6.07) is 15.5. The number of fused-ring (bicyclic) bond motifs is 1. The van der Waals surface area contributed by atoms with Gasteiger partial charge in [-0.2, -0.15) is 0 Å². The molecule has 1 atom stereocenters. The predicted octanol–water partition coefficient (Wildman–Crippen LogP) is 3.51. The van der Waals surface area contributed by atoms with Crippen molar-refractivity contribution in [3.05, 3.63) is 71.3 Å². The van der Waals surface area contributed by atoms with E-state index in [9.17, 15) is 14.4 Å². The third-order valence-electron chi connectivity index (χ3n) is 3.85. The standard InChI is InChI=1S/C20H20N2O4/c1-20(2,3)26-19(25)21-16(13-9-5-4-6-10-13)22-17(23)14-11-7-8-12-15(14)18(22)24/h4-12,16H,1-3H3,(H,21,25). The number of rotatable bonds is 3. The number of amides is 3. The zero-order chi connectivity index (χ0) is 18.9. The SMILES string of the molecule is CC(C)(C)OC(=O)NC(c1ccccc1)N1C(=O)c2ccccc2C1=O. The van der Waals surface area contributed by atoms with Crippen molar-refractivity contribution in [1.82, 2.24) is 10.2 Å². The predicted molar refractivity (Wildman–Crippen MR) is 95.5 cm³/mol. The quantitative estimate of drug-likeness (QED) is 0.858. The molecular weight excluding hydrogens is 332 g/mol. The number of nitrogens with zero attached hydrogens (tertiary/aromatic N) is 1.